The Hall–Kier alpha value is -2.40. The normalized spacial score (nSPS) is 17.4. The first-order valence-electron chi connectivity index (χ1n) is 9.60. The van der Waals surface area contributed by atoms with Crippen LogP contribution in [0.4, 0.5) is 0 Å². The number of ether oxygens (including phenoxy) is 3. The van der Waals surface area contributed by atoms with Gasteiger partial charge in [-0.15, -0.1) is 0 Å². The number of likely N-dealkylation sites (N-methyl/N-ethyl adjacent to an activating group) is 1. The molecule has 0 fully saturated rings. The maximum Gasteiger partial charge on any atom is 0.160 e. The number of allylic oxidation sites excluding steroid dienone is 3. The van der Waals surface area contributed by atoms with E-state index in [4.69, 9.17) is 14.2 Å². The van der Waals surface area contributed by atoms with Gasteiger partial charge in [-0.25, -0.2) is 0 Å². The van der Waals surface area contributed by atoms with E-state index < -0.39 is 0 Å². The van der Waals surface area contributed by atoms with Crippen molar-refractivity contribution in [1.29, 1.82) is 0 Å². The van der Waals surface area contributed by atoms with Gasteiger partial charge < -0.3 is 19.3 Å². The fourth-order valence-corrected chi connectivity index (χ4v) is 3.59. The molecule has 0 bridgehead atoms. The van der Waals surface area contributed by atoms with E-state index in [9.17, 15) is 5.11 Å². The lowest BCUT2D eigenvalue weighted by Gasteiger charge is -2.36. The number of benzene rings is 1. The highest BCUT2D eigenvalue weighted by Crippen LogP contribution is 2.40. The lowest BCUT2D eigenvalue weighted by atomic mass is 9.86. The monoisotopic (exact) mass is 387 g/mol. The third-order valence-electron chi connectivity index (χ3n) is 5.33. The second-order valence-corrected chi connectivity index (χ2v) is 7.34. The fraction of sp³-hybridized carbons (Fsp3) is 0.478. The molecule has 2 rings (SSSR count). The second kappa shape index (κ2) is 10.2. The summed E-state index contributed by atoms with van der Waals surface area (Å²) in [6, 6.07) is 4.11. The van der Waals surface area contributed by atoms with Gasteiger partial charge in [0, 0.05) is 12.6 Å². The second-order valence-electron chi connectivity index (χ2n) is 7.34. The molecule has 0 radical (unpaired) electrons. The molecule has 1 N–H and O–H groups in total. The molecule has 1 aromatic carbocycles. The van der Waals surface area contributed by atoms with Crippen molar-refractivity contribution in [1.82, 2.24) is 4.90 Å². The van der Waals surface area contributed by atoms with E-state index >= 15 is 0 Å². The van der Waals surface area contributed by atoms with E-state index in [-0.39, 0.29) is 11.8 Å². The average molecular weight is 388 g/mol. The standard InChI is InChI=1S/C23H33NO4/c1-16(2)17(8-7-9-19(27-5)15-26-4)12-21-20-14-23(28-6)22(25)13-18(20)10-11-24(21)3/h7,9,13-15,21,25H,8,10-12H2,1-6H3/b9-7?,19-15-. The number of hydrogen-bond acceptors (Lipinski definition) is 5. The summed E-state index contributed by atoms with van der Waals surface area (Å²) < 4.78 is 15.6. The van der Waals surface area contributed by atoms with Crippen molar-refractivity contribution in [2.75, 3.05) is 34.9 Å². The Bertz CT molecular complexity index is 760. The highest BCUT2D eigenvalue weighted by Gasteiger charge is 2.27. The van der Waals surface area contributed by atoms with E-state index in [1.807, 2.05) is 18.2 Å². The molecule has 0 saturated carbocycles. The Morgan fingerprint density at radius 2 is 2.00 bits per heavy atom. The molecule has 1 aliphatic heterocycles. The lowest BCUT2D eigenvalue weighted by molar-refractivity contribution is 0.227. The molecule has 1 aliphatic rings. The topological polar surface area (TPSA) is 51.2 Å². The number of fused-ring (bicyclic) bond motifs is 1. The minimum absolute atomic E-state index is 0.215. The lowest BCUT2D eigenvalue weighted by Crippen LogP contribution is -2.32. The van der Waals surface area contributed by atoms with E-state index in [1.54, 1.807) is 27.6 Å². The van der Waals surface area contributed by atoms with Gasteiger partial charge in [0.2, 0.25) is 0 Å². The minimum atomic E-state index is 0.215. The van der Waals surface area contributed by atoms with Crippen LogP contribution in [0.3, 0.4) is 0 Å². The number of phenolic OH excluding ortho intramolecular Hbond substituents is 1. The molecule has 0 aromatic heterocycles. The molecule has 5 nitrogen and oxygen atoms in total. The molecule has 1 atom stereocenters. The van der Waals surface area contributed by atoms with Gasteiger partial charge in [-0.2, -0.15) is 0 Å². The molecule has 154 valence electrons. The largest absolute Gasteiger partial charge is 0.504 e. The van der Waals surface area contributed by atoms with Gasteiger partial charge in [0.25, 0.3) is 0 Å². The van der Waals surface area contributed by atoms with Gasteiger partial charge in [-0.1, -0.05) is 17.2 Å². The molecule has 0 amide bonds. The Labute approximate surface area is 168 Å². The first-order chi connectivity index (χ1) is 13.4. The maximum absolute atomic E-state index is 10.1. The summed E-state index contributed by atoms with van der Waals surface area (Å²) in [6.07, 6.45) is 8.34. The highest BCUT2D eigenvalue weighted by molar-refractivity contribution is 5.49. The van der Waals surface area contributed by atoms with E-state index in [0.717, 1.165) is 25.8 Å². The number of hydrogen-bond donors (Lipinski definition) is 1. The van der Waals surface area contributed by atoms with E-state index in [1.165, 1.54) is 22.3 Å². The predicted molar refractivity (Wildman–Crippen MR) is 113 cm³/mol. The van der Waals surface area contributed by atoms with Crippen molar-refractivity contribution in [2.45, 2.75) is 39.2 Å². The van der Waals surface area contributed by atoms with Crippen molar-refractivity contribution in [3.05, 3.63) is 58.6 Å². The van der Waals surface area contributed by atoms with Crippen LogP contribution < -0.4 is 4.74 Å². The summed E-state index contributed by atoms with van der Waals surface area (Å²) in [5.74, 6) is 1.44. The maximum atomic E-state index is 10.1. The number of rotatable bonds is 8. The smallest absolute Gasteiger partial charge is 0.160 e. The van der Waals surface area contributed by atoms with Crippen molar-refractivity contribution in [3.63, 3.8) is 0 Å². The first-order valence-corrected chi connectivity index (χ1v) is 9.60. The summed E-state index contributed by atoms with van der Waals surface area (Å²) in [5.41, 5.74) is 5.16. The fourth-order valence-electron chi connectivity index (χ4n) is 3.59. The predicted octanol–water partition coefficient (Wildman–Crippen LogP) is 4.74. The number of phenols is 1. The zero-order valence-corrected chi connectivity index (χ0v) is 17.9. The third kappa shape index (κ3) is 5.32. The number of methoxy groups -OCH3 is 3. The van der Waals surface area contributed by atoms with Crippen LogP contribution in [0.5, 0.6) is 11.5 Å². The molecular weight excluding hydrogens is 354 g/mol. The van der Waals surface area contributed by atoms with Crippen LogP contribution in [0.2, 0.25) is 0 Å². The van der Waals surface area contributed by atoms with Crippen molar-refractivity contribution in [2.24, 2.45) is 0 Å². The Kier molecular flexibility index (Phi) is 8.00. The van der Waals surface area contributed by atoms with E-state index in [0.29, 0.717) is 11.5 Å². The van der Waals surface area contributed by atoms with Gasteiger partial charge in [0.15, 0.2) is 17.3 Å². The Balaban J connectivity index is 2.25. The van der Waals surface area contributed by atoms with Crippen LogP contribution in [0.25, 0.3) is 0 Å². The summed E-state index contributed by atoms with van der Waals surface area (Å²) >= 11 is 0. The SMILES string of the molecule is CO/C=C(/C=CCC(CC1c2cc(OC)c(O)cc2CCN1C)=C(C)C)OC. The van der Waals surface area contributed by atoms with Gasteiger partial charge >= 0.3 is 0 Å². The summed E-state index contributed by atoms with van der Waals surface area (Å²) in [5, 5.41) is 10.1. The van der Waals surface area contributed by atoms with Crippen LogP contribution in [-0.2, 0) is 15.9 Å². The molecule has 0 saturated heterocycles. The van der Waals surface area contributed by atoms with Crippen molar-refractivity contribution < 1.29 is 19.3 Å². The van der Waals surface area contributed by atoms with Crippen LogP contribution in [0, 0.1) is 0 Å². The zero-order valence-electron chi connectivity index (χ0n) is 17.9. The highest BCUT2D eigenvalue weighted by atomic mass is 16.5. The van der Waals surface area contributed by atoms with Crippen molar-refractivity contribution in [3.8, 4) is 11.5 Å². The average Bonchev–Trinajstić information content (AvgIpc) is 2.67. The quantitative estimate of drug-likeness (QED) is 0.397. The molecule has 0 aliphatic carbocycles. The Morgan fingerprint density at radius 3 is 2.61 bits per heavy atom. The molecular formula is C23H33NO4. The third-order valence-corrected chi connectivity index (χ3v) is 5.33. The van der Waals surface area contributed by atoms with Gasteiger partial charge in [0.05, 0.1) is 21.3 Å². The van der Waals surface area contributed by atoms with Crippen LogP contribution in [0.1, 0.15) is 43.9 Å². The van der Waals surface area contributed by atoms with Gasteiger partial charge in [0.1, 0.15) is 6.26 Å². The molecule has 5 heteroatoms. The molecule has 1 aromatic rings. The van der Waals surface area contributed by atoms with Crippen LogP contribution in [-0.4, -0.2) is 44.9 Å². The molecule has 1 heterocycles. The molecule has 28 heavy (non-hydrogen) atoms. The summed E-state index contributed by atoms with van der Waals surface area (Å²) in [4.78, 5) is 2.39. The number of aromatic hydroxyl groups is 1. The van der Waals surface area contributed by atoms with Gasteiger partial charge in [-0.05, 0) is 69.5 Å². The summed E-state index contributed by atoms with van der Waals surface area (Å²) in [7, 11) is 7.00. The minimum Gasteiger partial charge on any atom is -0.504 e. The number of nitrogens with zero attached hydrogens (tertiary/aromatic N) is 1. The van der Waals surface area contributed by atoms with E-state index in [2.05, 4.69) is 31.9 Å². The first kappa shape index (κ1) is 21.9. The molecule has 1 unspecified atom stereocenters. The summed E-state index contributed by atoms with van der Waals surface area (Å²) in [6.45, 7) is 5.29. The van der Waals surface area contributed by atoms with Crippen LogP contribution in [0.15, 0.2) is 47.5 Å². The molecule has 0 spiro atoms. The van der Waals surface area contributed by atoms with Crippen molar-refractivity contribution >= 4 is 0 Å². The zero-order chi connectivity index (χ0) is 20.7. The Morgan fingerprint density at radius 1 is 1.25 bits per heavy atom. The van der Waals surface area contributed by atoms with Crippen LogP contribution >= 0.6 is 0 Å². The van der Waals surface area contributed by atoms with Gasteiger partial charge in [-0.3, -0.25) is 4.90 Å².